The molecule has 3 atom stereocenters. The Morgan fingerprint density at radius 2 is 1.97 bits per heavy atom. The lowest BCUT2D eigenvalue weighted by atomic mass is 10.1. The zero-order chi connectivity index (χ0) is 24.1. The molecule has 34 heavy (non-hydrogen) atoms. The molecule has 2 aromatic carbocycles. The summed E-state index contributed by atoms with van der Waals surface area (Å²) in [6.45, 7) is 1.82. The third kappa shape index (κ3) is 6.59. The van der Waals surface area contributed by atoms with E-state index < -0.39 is 28.7 Å². The second-order valence-corrected chi connectivity index (χ2v) is 10.7. The van der Waals surface area contributed by atoms with Crippen LogP contribution in [0.15, 0.2) is 66.1 Å². The van der Waals surface area contributed by atoms with Crippen LogP contribution in [-0.2, 0) is 30.2 Å². The summed E-state index contributed by atoms with van der Waals surface area (Å²) >= 11 is 12.4. The average Bonchev–Trinajstić information content (AvgIpc) is 3.35. The minimum Gasteiger partial charge on any atom is -0.347 e. The van der Waals surface area contributed by atoms with Crippen molar-refractivity contribution in [3.05, 3.63) is 82.4 Å². The number of rotatable bonds is 9. The van der Waals surface area contributed by atoms with Crippen LogP contribution in [0.3, 0.4) is 0 Å². The number of hydrogen-bond acceptors (Lipinski definition) is 6. The van der Waals surface area contributed by atoms with E-state index in [9.17, 15) is 8.42 Å². The number of benzene rings is 2. The molecule has 0 aliphatic carbocycles. The fourth-order valence-corrected chi connectivity index (χ4v) is 5.16. The summed E-state index contributed by atoms with van der Waals surface area (Å²) in [7, 11) is -3.86. The van der Waals surface area contributed by atoms with Crippen LogP contribution < -0.4 is 0 Å². The second-order valence-electron chi connectivity index (χ2n) is 8.21. The Labute approximate surface area is 209 Å². The van der Waals surface area contributed by atoms with Gasteiger partial charge in [-0.05, 0) is 56.0 Å². The number of imidazole rings is 1. The van der Waals surface area contributed by atoms with Gasteiger partial charge in [0, 0.05) is 28.9 Å². The maximum absolute atomic E-state index is 12.5. The molecule has 182 valence electrons. The molecule has 0 N–H and O–H groups in total. The highest BCUT2D eigenvalue weighted by atomic mass is 35.5. The third-order valence-electron chi connectivity index (χ3n) is 5.60. The maximum atomic E-state index is 12.5. The van der Waals surface area contributed by atoms with Crippen LogP contribution in [0.25, 0.3) is 0 Å². The van der Waals surface area contributed by atoms with Crippen LogP contribution in [0.5, 0.6) is 0 Å². The molecule has 1 fully saturated rings. The molecule has 1 aliphatic rings. The van der Waals surface area contributed by atoms with E-state index in [0.29, 0.717) is 29.3 Å². The van der Waals surface area contributed by atoms with E-state index in [1.165, 1.54) is 12.1 Å². The van der Waals surface area contributed by atoms with Gasteiger partial charge in [-0.2, -0.15) is 8.42 Å². The zero-order valence-corrected chi connectivity index (χ0v) is 21.0. The fraction of sp³-hybridized carbons (Fsp3) is 0.375. The monoisotopic (exact) mass is 524 g/mol. The van der Waals surface area contributed by atoms with Crippen molar-refractivity contribution < 1.29 is 22.1 Å². The first-order chi connectivity index (χ1) is 16.3. The summed E-state index contributed by atoms with van der Waals surface area (Å²) in [5.74, 6) is 0. The zero-order valence-electron chi connectivity index (χ0n) is 18.6. The van der Waals surface area contributed by atoms with Crippen LogP contribution >= 0.6 is 23.2 Å². The van der Waals surface area contributed by atoms with E-state index in [0.717, 1.165) is 17.5 Å². The van der Waals surface area contributed by atoms with Crippen molar-refractivity contribution in [2.75, 3.05) is 6.61 Å². The van der Waals surface area contributed by atoms with Crippen molar-refractivity contribution in [2.45, 2.75) is 56.1 Å². The van der Waals surface area contributed by atoms with Gasteiger partial charge >= 0.3 is 0 Å². The lowest BCUT2D eigenvalue weighted by Crippen LogP contribution is -2.35. The highest BCUT2D eigenvalue weighted by Crippen LogP contribution is 2.29. The molecule has 0 bridgehead atoms. The fourth-order valence-electron chi connectivity index (χ4n) is 3.74. The Bertz CT molecular complexity index is 1190. The molecule has 0 spiro atoms. The van der Waals surface area contributed by atoms with Gasteiger partial charge in [0.2, 0.25) is 0 Å². The van der Waals surface area contributed by atoms with Gasteiger partial charge in [0.25, 0.3) is 10.1 Å². The Kier molecular flexibility index (Phi) is 8.29. The molecule has 10 heteroatoms. The van der Waals surface area contributed by atoms with Gasteiger partial charge in [-0.1, -0.05) is 47.0 Å². The molecule has 1 unspecified atom stereocenters. The van der Waals surface area contributed by atoms with Gasteiger partial charge < -0.3 is 14.0 Å². The molecule has 3 aromatic rings. The van der Waals surface area contributed by atoms with E-state index in [1.54, 1.807) is 36.8 Å². The van der Waals surface area contributed by atoms with Crippen molar-refractivity contribution in [2.24, 2.45) is 0 Å². The van der Waals surface area contributed by atoms with Crippen molar-refractivity contribution in [3.63, 3.8) is 0 Å². The van der Waals surface area contributed by atoms with Crippen molar-refractivity contribution in [3.8, 4) is 0 Å². The van der Waals surface area contributed by atoms with Gasteiger partial charge in [0.05, 0.1) is 23.9 Å². The Balaban J connectivity index is 1.39. The van der Waals surface area contributed by atoms with E-state index in [2.05, 4.69) is 4.98 Å². The lowest BCUT2D eigenvalue weighted by molar-refractivity contribution is -0.233. The number of aromatic nitrogens is 2. The molecule has 0 radical (unpaired) electrons. The van der Waals surface area contributed by atoms with Crippen molar-refractivity contribution in [1.29, 1.82) is 0 Å². The summed E-state index contributed by atoms with van der Waals surface area (Å²) in [6.07, 6.45) is 6.48. The molecule has 1 aliphatic heterocycles. The molecule has 4 rings (SSSR count). The van der Waals surface area contributed by atoms with E-state index in [1.807, 2.05) is 23.8 Å². The van der Waals surface area contributed by atoms with E-state index in [-0.39, 0.29) is 11.5 Å². The predicted molar refractivity (Wildman–Crippen MR) is 129 cm³/mol. The smallest absolute Gasteiger partial charge is 0.297 e. The highest BCUT2D eigenvalue weighted by Gasteiger charge is 2.28. The van der Waals surface area contributed by atoms with Gasteiger partial charge in [-0.3, -0.25) is 4.18 Å². The van der Waals surface area contributed by atoms with Gasteiger partial charge in [0.1, 0.15) is 6.23 Å². The molecule has 7 nitrogen and oxygen atoms in total. The lowest BCUT2D eigenvalue weighted by Gasteiger charge is -2.32. The quantitative estimate of drug-likeness (QED) is 0.341. The molecule has 1 aromatic heterocycles. The number of ether oxygens (including phenoxy) is 2. The van der Waals surface area contributed by atoms with Gasteiger partial charge in [0.15, 0.2) is 6.29 Å². The molecule has 0 saturated carbocycles. The molecular weight excluding hydrogens is 499 g/mol. The van der Waals surface area contributed by atoms with Crippen LogP contribution in [-0.4, -0.2) is 37.0 Å². The Morgan fingerprint density at radius 3 is 2.68 bits per heavy atom. The maximum Gasteiger partial charge on any atom is 0.297 e. The number of halogens is 2. The van der Waals surface area contributed by atoms with Crippen LogP contribution in [0.2, 0.25) is 10.0 Å². The number of hydrogen-bond donors (Lipinski definition) is 0. The number of aryl methyl sites for hydroxylation is 1. The Morgan fingerprint density at radius 1 is 1.18 bits per heavy atom. The van der Waals surface area contributed by atoms with E-state index in [4.69, 9.17) is 36.9 Å². The van der Waals surface area contributed by atoms with Gasteiger partial charge in [-0.15, -0.1) is 0 Å². The Hall–Kier alpha value is -1.94. The molecule has 1 saturated heterocycles. The minimum absolute atomic E-state index is 0.0746. The summed E-state index contributed by atoms with van der Waals surface area (Å²) in [5, 5.41) is 1.12. The normalized spacial score (nSPS) is 19.7. The van der Waals surface area contributed by atoms with E-state index >= 15 is 0 Å². The largest absolute Gasteiger partial charge is 0.347 e. The first-order valence-electron chi connectivity index (χ1n) is 11.0. The van der Waals surface area contributed by atoms with Crippen LogP contribution in [0.4, 0.5) is 0 Å². The molecule has 2 heterocycles. The topological polar surface area (TPSA) is 79.7 Å². The molecule has 0 amide bonds. The molecular formula is C24H26Cl2N2O5S. The summed E-state index contributed by atoms with van der Waals surface area (Å²) in [4.78, 5) is 4.25. The SMILES string of the molecule is Cc1ccc(S(=O)(=O)OC[C@H]2CCC[C@H](OC(Cc3ccc(Cl)cc3Cl)n3ccnc3)O2)cc1. The standard InChI is InChI=1S/C24H26Cl2N2O5S/c1-17-5-9-21(10-6-17)34(29,30)31-15-20-3-2-4-24(32-20)33-23(28-12-11-27-16-28)13-18-7-8-19(25)14-22(18)26/h5-12,14,16,20,23-24H,2-4,13,15H2,1H3/t20-,23?,24+/m1/s1. The minimum atomic E-state index is -3.86. The van der Waals surface area contributed by atoms with Crippen molar-refractivity contribution in [1.82, 2.24) is 9.55 Å². The first kappa shape index (κ1) is 25.2. The second kappa shape index (κ2) is 11.2. The predicted octanol–water partition coefficient (Wildman–Crippen LogP) is 5.56. The summed E-state index contributed by atoms with van der Waals surface area (Å²) in [5.41, 5.74) is 1.85. The average molecular weight is 525 g/mol. The van der Waals surface area contributed by atoms with Crippen LogP contribution in [0.1, 0.15) is 36.6 Å². The summed E-state index contributed by atoms with van der Waals surface area (Å²) in [6, 6.07) is 11.9. The number of nitrogens with zero attached hydrogens (tertiary/aromatic N) is 2. The van der Waals surface area contributed by atoms with Gasteiger partial charge in [-0.25, -0.2) is 4.98 Å². The summed E-state index contributed by atoms with van der Waals surface area (Å²) < 4.78 is 44.5. The third-order valence-corrected chi connectivity index (χ3v) is 7.49. The van der Waals surface area contributed by atoms with Crippen LogP contribution in [0, 0.1) is 6.92 Å². The highest BCUT2D eigenvalue weighted by molar-refractivity contribution is 7.86. The first-order valence-corrected chi connectivity index (χ1v) is 13.1. The van der Waals surface area contributed by atoms with Crippen molar-refractivity contribution >= 4 is 33.3 Å².